The molecule has 1 aromatic carbocycles. The minimum Gasteiger partial charge on any atom is -0.409 e. The maximum absolute atomic E-state index is 14.3. The molecule has 0 saturated carbocycles. The van der Waals surface area contributed by atoms with E-state index >= 15 is 0 Å². The van der Waals surface area contributed by atoms with Crippen LogP contribution in [0.1, 0.15) is 37.3 Å². The van der Waals surface area contributed by atoms with Crippen molar-refractivity contribution in [2.45, 2.75) is 32.7 Å². The van der Waals surface area contributed by atoms with E-state index in [2.05, 4.69) is 17.0 Å². The van der Waals surface area contributed by atoms with Crippen LogP contribution < -0.4 is 5.73 Å². The van der Waals surface area contributed by atoms with Gasteiger partial charge in [0.1, 0.15) is 5.82 Å². The van der Waals surface area contributed by atoms with Gasteiger partial charge in [0.05, 0.1) is 5.56 Å². The summed E-state index contributed by atoms with van der Waals surface area (Å²) in [6, 6.07) is 5.03. The topological polar surface area (TPSA) is 61.8 Å². The van der Waals surface area contributed by atoms with Crippen molar-refractivity contribution in [2.24, 2.45) is 16.8 Å². The third-order valence-corrected chi connectivity index (χ3v) is 3.92. The number of nitrogens with zero attached hydrogens (tertiary/aromatic N) is 2. The zero-order chi connectivity index (χ0) is 14.5. The van der Waals surface area contributed by atoms with Crippen molar-refractivity contribution in [3.8, 4) is 0 Å². The fraction of sp³-hybridized carbons (Fsp3) is 0.533. The van der Waals surface area contributed by atoms with Crippen molar-refractivity contribution in [1.29, 1.82) is 0 Å². The summed E-state index contributed by atoms with van der Waals surface area (Å²) in [5.41, 5.74) is 6.24. The van der Waals surface area contributed by atoms with Crippen LogP contribution >= 0.6 is 0 Å². The van der Waals surface area contributed by atoms with Gasteiger partial charge in [0.2, 0.25) is 0 Å². The number of rotatable bonds is 5. The summed E-state index contributed by atoms with van der Waals surface area (Å²) < 4.78 is 14.3. The molecule has 1 atom stereocenters. The molecule has 1 aliphatic heterocycles. The molecule has 1 aromatic rings. The standard InChI is InChI=1S/C15H22FN3O/c1-2-4-11-7-8-19(9-11)10-12-5-3-6-13(14(12)16)15(17)18-20/h3,5-6,11,20H,2,4,7-10H2,1H3,(H2,17,18). The highest BCUT2D eigenvalue weighted by atomic mass is 19.1. The van der Waals surface area contributed by atoms with Gasteiger partial charge < -0.3 is 10.9 Å². The highest BCUT2D eigenvalue weighted by Crippen LogP contribution is 2.23. The molecule has 3 N–H and O–H groups in total. The Morgan fingerprint density at radius 1 is 1.55 bits per heavy atom. The molecule has 1 unspecified atom stereocenters. The Bertz CT molecular complexity index is 490. The van der Waals surface area contributed by atoms with Crippen LogP contribution in [0.3, 0.4) is 0 Å². The van der Waals surface area contributed by atoms with Gasteiger partial charge >= 0.3 is 0 Å². The van der Waals surface area contributed by atoms with Crippen LogP contribution in [0.4, 0.5) is 4.39 Å². The molecule has 1 heterocycles. The second-order valence-electron chi connectivity index (χ2n) is 5.44. The average Bonchev–Trinajstić information content (AvgIpc) is 2.88. The Morgan fingerprint density at radius 3 is 3.05 bits per heavy atom. The summed E-state index contributed by atoms with van der Waals surface area (Å²) in [6.07, 6.45) is 3.63. The maximum atomic E-state index is 14.3. The monoisotopic (exact) mass is 279 g/mol. The molecule has 4 nitrogen and oxygen atoms in total. The predicted molar refractivity (Wildman–Crippen MR) is 77.2 cm³/mol. The Kier molecular flexibility index (Phi) is 4.95. The van der Waals surface area contributed by atoms with Crippen molar-refractivity contribution in [3.63, 3.8) is 0 Å². The van der Waals surface area contributed by atoms with Crippen molar-refractivity contribution in [3.05, 3.63) is 35.1 Å². The lowest BCUT2D eigenvalue weighted by atomic mass is 10.0. The number of benzene rings is 1. The molecule has 0 amide bonds. The molecule has 0 aromatic heterocycles. The van der Waals surface area contributed by atoms with E-state index in [-0.39, 0.29) is 17.2 Å². The average molecular weight is 279 g/mol. The molecule has 1 saturated heterocycles. The second-order valence-corrected chi connectivity index (χ2v) is 5.44. The Balaban J connectivity index is 2.07. The summed E-state index contributed by atoms with van der Waals surface area (Å²) in [5, 5.41) is 11.5. The Hall–Kier alpha value is -1.62. The van der Waals surface area contributed by atoms with Gasteiger partial charge in [-0.25, -0.2) is 4.39 Å². The van der Waals surface area contributed by atoms with Crippen LogP contribution in [0.5, 0.6) is 0 Å². The van der Waals surface area contributed by atoms with Crippen LogP contribution in [-0.4, -0.2) is 29.0 Å². The van der Waals surface area contributed by atoms with Gasteiger partial charge in [0.25, 0.3) is 0 Å². The lowest BCUT2D eigenvalue weighted by Crippen LogP contribution is -2.22. The second kappa shape index (κ2) is 6.70. The number of nitrogens with two attached hydrogens (primary N) is 1. The Labute approximate surface area is 119 Å². The first kappa shape index (κ1) is 14.8. The van der Waals surface area contributed by atoms with Crippen LogP contribution in [0.15, 0.2) is 23.4 Å². The number of likely N-dealkylation sites (tertiary alicyclic amines) is 1. The SMILES string of the molecule is CCCC1CCN(Cc2cccc(/C(N)=N/O)c2F)C1. The summed E-state index contributed by atoms with van der Waals surface area (Å²) in [5.74, 6) is 0.159. The minimum atomic E-state index is -0.387. The van der Waals surface area contributed by atoms with Gasteiger partial charge in [-0.1, -0.05) is 30.6 Å². The summed E-state index contributed by atoms with van der Waals surface area (Å²) in [4.78, 5) is 2.27. The number of halogens is 1. The van der Waals surface area contributed by atoms with Crippen LogP contribution in [-0.2, 0) is 6.54 Å². The van der Waals surface area contributed by atoms with E-state index in [9.17, 15) is 4.39 Å². The third-order valence-electron chi connectivity index (χ3n) is 3.92. The van der Waals surface area contributed by atoms with Crippen molar-refractivity contribution in [2.75, 3.05) is 13.1 Å². The van der Waals surface area contributed by atoms with Crippen molar-refractivity contribution < 1.29 is 9.60 Å². The first-order valence-electron chi connectivity index (χ1n) is 7.13. The van der Waals surface area contributed by atoms with Gasteiger partial charge in [0, 0.05) is 18.7 Å². The predicted octanol–water partition coefficient (Wildman–Crippen LogP) is 2.54. The number of amidine groups is 1. The molecule has 0 spiro atoms. The molecule has 0 bridgehead atoms. The molecular weight excluding hydrogens is 257 g/mol. The highest BCUT2D eigenvalue weighted by Gasteiger charge is 2.23. The van der Waals surface area contributed by atoms with E-state index in [1.807, 2.05) is 0 Å². The van der Waals surface area contributed by atoms with Gasteiger partial charge in [-0.15, -0.1) is 0 Å². The lowest BCUT2D eigenvalue weighted by molar-refractivity contribution is 0.307. The van der Waals surface area contributed by atoms with Gasteiger partial charge in [-0.2, -0.15) is 0 Å². The molecule has 1 aliphatic rings. The minimum absolute atomic E-state index is 0.161. The number of hydrogen-bond donors (Lipinski definition) is 2. The summed E-state index contributed by atoms with van der Waals surface area (Å²) in [6.45, 7) is 4.82. The van der Waals surface area contributed by atoms with Gasteiger partial charge in [0.15, 0.2) is 5.84 Å². The van der Waals surface area contributed by atoms with Crippen molar-refractivity contribution >= 4 is 5.84 Å². The fourth-order valence-electron chi connectivity index (χ4n) is 2.89. The maximum Gasteiger partial charge on any atom is 0.173 e. The van der Waals surface area contributed by atoms with E-state index in [1.54, 1.807) is 12.1 Å². The third kappa shape index (κ3) is 3.28. The van der Waals surface area contributed by atoms with Gasteiger partial charge in [-0.3, -0.25) is 4.90 Å². The van der Waals surface area contributed by atoms with Crippen LogP contribution in [0, 0.1) is 11.7 Å². The molecule has 110 valence electrons. The normalized spacial score (nSPS) is 20.5. The van der Waals surface area contributed by atoms with Crippen LogP contribution in [0.25, 0.3) is 0 Å². The summed E-state index contributed by atoms with van der Waals surface area (Å²) >= 11 is 0. The van der Waals surface area contributed by atoms with E-state index in [1.165, 1.54) is 25.3 Å². The zero-order valence-corrected chi connectivity index (χ0v) is 11.8. The van der Waals surface area contributed by atoms with E-state index in [4.69, 9.17) is 10.9 Å². The van der Waals surface area contributed by atoms with E-state index < -0.39 is 0 Å². The Morgan fingerprint density at radius 2 is 2.35 bits per heavy atom. The highest BCUT2D eigenvalue weighted by molar-refractivity contribution is 5.97. The van der Waals surface area contributed by atoms with Crippen LogP contribution in [0.2, 0.25) is 0 Å². The quantitative estimate of drug-likeness (QED) is 0.377. The molecule has 20 heavy (non-hydrogen) atoms. The summed E-state index contributed by atoms with van der Waals surface area (Å²) in [7, 11) is 0. The number of hydrogen-bond acceptors (Lipinski definition) is 3. The molecule has 2 rings (SSSR count). The smallest absolute Gasteiger partial charge is 0.173 e. The first-order valence-corrected chi connectivity index (χ1v) is 7.13. The van der Waals surface area contributed by atoms with E-state index in [0.717, 1.165) is 19.0 Å². The van der Waals surface area contributed by atoms with Crippen molar-refractivity contribution in [1.82, 2.24) is 4.90 Å². The molecular formula is C15H22FN3O. The zero-order valence-electron chi connectivity index (χ0n) is 11.8. The van der Waals surface area contributed by atoms with E-state index in [0.29, 0.717) is 12.1 Å². The first-order chi connectivity index (χ1) is 9.65. The fourth-order valence-corrected chi connectivity index (χ4v) is 2.89. The lowest BCUT2D eigenvalue weighted by Gasteiger charge is -2.17. The molecule has 1 fully saturated rings. The largest absolute Gasteiger partial charge is 0.409 e. The van der Waals surface area contributed by atoms with Gasteiger partial charge in [-0.05, 0) is 31.4 Å². The molecule has 5 heteroatoms. The molecule has 0 aliphatic carbocycles. The number of oxime groups is 1. The molecule has 0 radical (unpaired) electrons.